The molecule has 1 fully saturated rings. The van der Waals surface area contributed by atoms with Gasteiger partial charge in [0.1, 0.15) is 4.99 Å². The maximum absolute atomic E-state index is 5.78. The van der Waals surface area contributed by atoms with Crippen molar-refractivity contribution < 1.29 is 0 Å². The first-order valence-corrected chi connectivity index (χ1v) is 8.68. The summed E-state index contributed by atoms with van der Waals surface area (Å²) < 4.78 is 0. The highest BCUT2D eigenvalue weighted by atomic mass is 32.1. The van der Waals surface area contributed by atoms with Crippen molar-refractivity contribution in [1.29, 1.82) is 0 Å². The molecule has 4 heteroatoms. The first kappa shape index (κ1) is 16.0. The van der Waals surface area contributed by atoms with Crippen molar-refractivity contribution >= 4 is 28.6 Å². The molecule has 0 amide bonds. The molecule has 2 aromatic rings. The predicted octanol–water partition coefficient (Wildman–Crippen LogP) is 4.57. The Morgan fingerprint density at radius 1 is 1.00 bits per heavy atom. The summed E-state index contributed by atoms with van der Waals surface area (Å²) in [5, 5.41) is 4.25. The van der Waals surface area contributed by atoms with E-state index < -0.39 is 0 Å². The second kappa shape index (κ2) is 7.57. The first-order valence-electron chi connectivity index (χ1n) is 8.27. The minimum Gasteiger partial charge on any atom is -0.290 e. The van der Waals surface area contributed by atoms with Gasteiger partial charge in [-0.15, -0.1) is 5.53 Å². The van der Waals surface area contributed by atoms with E-state index in [0.29, 0.717) is 5.92 Å². The van der Waals surface area contributed by atoms with Gasteiger partial charge in [0.2, 0.25) is 0 Å². The van der Waals surface area contributed by atoms with Gasteiger partial charge in [0.05, 0.1) is 11.4 Å². The third-order valence-electron chi connectivity index (χ3n) is 4.18. The summed E-state index contributed by atoms with van der Waals surface area (Å²) in [5.74, 6) is 0.381. The van der Waals surface area contributed by atoms with Crippen LogP contribution < -0.4 is 15.6 Å². The Morgan fingerprint density at radius 2 is 1.61 bits per heavy atom. The molecule has 0 spiro atoms. The summed E-state index contributed by atoms with van der Waals surface area (Å²) in [6.45, 7) is 3.14. The second-order valence-corrected chi connectivity index (χ2v) is 6.31. The van der Waals surface area contributed by atoms with Crippen LogP contribution >= 0.6 is 12.2 Å². The highest BCUT2D eigenvalue weighted by Crippen LogP contribution is 2.26. The average molecular weight is 325 g/mol. The Morgan fingerprint density at radius 3 is 2.22 bits per heavy atom. The molecule has 0 saturated carbocycles. The van der Waals surface area contributed by atoms with Crippen LogP contribution in [0.3, 0.4) is 0 Å². The SMILES string of the molecule is CCCC[C@H]1CN(c2ccccc2)NN(c2ccccc2)C1=S. The van der Waals surface area contributed by atoms with E-state index in [1.807, 2.05) is 29.3 Å². The number of thiocarbonyl (C=S) groups is 1. The summed E-state index contributed by atoms with van der Waals surface area (Å²) in [5.41, 5.74) is 5.71. The van der Waals surface area contributed by atoms with Crippen molar-refractivity contribution in [2.45, 2.75) is 26.2 Å². The molecule has 0 bridgehead atoms. The lowest BCUT2D eigenvalue weighted by Gasteiger charge is -2.43. The standard InChI is InChI=1S/C19H23N3S/c1-2-3-10-16-15-21(17-11-6-4-7-12-17)20-22(19(16)23)18-13-8-5-9-14-18/h4-9,11-14,16,20H,2-3,10,15H2,1H3/t16-/m0/s1. The largest absolute Gasteiger partial charge is 0.290 e. The molecule has 0 aliphatic carbocycles. The minimum absolute atomic E-state index is 0.381. The van der Waals surface area contributed by atoms with Gasteiger partial charge >= 0.3 is 0 Å². The van der Waals surface area contributed by atoms with Crippen LogP contribution in [0.25, 0.3) is 0 Å². The molecule has 1 aliphatic heterocycles. The number of anilines is 2. The summed E-state index contributed by atoms with van der Waals surface area (Å²) >= 11 is 5.78. The van der Waals surface area contributed by atoms with Crippen LogP contribution in [0.4, 0.5) is 11.4 Å². The van der Waals surface area contributed by atoms with Gasteiger partial charge in [-0.05, 0) is 30.7 Å². The molecule has 0 radical (unpaired) electrons. The molecule has 0 aromatic heterocycles. The lowest BCUT2D eigenvalue weighted by molar-refractivity contribution is 0.489. The quantitative estimate of drug-likeness (QED) is 0.812. The third kappa shape index (κ3) is 3.71. The zero-order chi connectivity index (χ0) is 16.1. The first-order chi connectivity index (χ1) is 11.3. The van der Waals surface area contributed by atoms with Crippen LogP contribution in [0.15, 0.2) is 60.7 Å². The van der Waals surface area contributed by atoms with Gasteiger partial charge in [-0.3, -0.25) is 10.0 Å². The molecule has 0 unspecified atom stereocenters. The van der Waals surface area contributed by atoms with E-state index in [9.17, 15) is 0 Å². The number of rotatable bonds is 5. The Bertz CT molecular complexity index is 630. The van der Waals surface area contributed by atoms with Gasteiger partial charge in [-0.2, -0.15) is 0 Å². The van der Waals surface area contributed by atoms with Crippen molar-refractivity contribution in [2.24, 2.45) is 5.92 Å². The van der Waals surface area contributed by atoms with Crippen molar-refractivity contribution in [3.63, 3.8) is 0 Å². The molecule has 2 aromatic carbocycles. The number of para-hydroxylation sites is 2. The van der Waals surface area contributed by atoms with E-state index in [-0.39, 0.29) is 0 Å². The summed E-state index contributed by atoms with van der Waals surface area (Å²) in [6, 6.07) is 20.7. The fourth-order valence-electron chi connectivity index (χ4n) is 2.89. The monoisotopic (exact) mass is 325 g/mol. The average Bonchev–Trinajstić information content (AvgIpc) is 2.62. The Hall–Kier alpha value is -1.91. The van der Waals surface area contributed by atoms with E-state index in [0.717, 1.165) is 29.3 Å². The third-order valence-corrected chi connectivity index (χ3v) is 4.70. The fraction of sp³-hybridized carbons (Fsp3) is 0.316. The van der Waals surface area contributed by atoms with Crippen LogP contribution in [-0.4, -0.2) is 11.5 Å². The molecule has 23 heavy (non-hydrogen) atoms. The lowest BCUT2D eigenvalue weighted by atomic mass is 10.00. The van der Waals surface area contributed by atoms with Gasteiger partial charge in [0, 0.05) is 12.5 Å². The van der Waals surface area contributed by atoms with E-state index in [2.05, 4.69) is 53.9 Å². The molecule has 1 heterocycles. The number of unbranched alkanes of at least 4 members (excludes halogenated alkanes) is 1. The van der Waals surface area contributed by atoms with Gasteiger partial charge in [0.25, 0.3) is 0 Å². The van der Waals surface area contributed by atoms with E-state index in [1.165, 1.54) is 12.8 Å². The zero-order valence-corrected chi connectivity index (χ0v) is 14.3. The number of benzene rings is 2. The zero-order valence-electron chi connectivity index (χ0n) is 13.5. The maximum atomic E-state index is 5.78. The van der Waals surface area contributed by atoms with Crippen molar-refractivity contribution in [3.8, 4) is 0 Å². The van der Waals surface area contributed by atoms with E-state index in [4.69, 9.17) is 12.2 Å². The Balaban J connectivity index is 1.87. The van der Waals surface area contributed by atoms with Crippen LogP contribution in [-0.2, 0) is 0 Å². The Kier molecular flexibility index (Phi) is 5.26. The number of hydrazine groups is 2. The summed E-state index contributed by atoms with van der Waals surface area (Å²) in [7, 11) is 0. The molecule has 120 valence electrons. The van der Waals surface area contributed by atoms with Crippen molar-refractivity contribution in [3.05, 3.63) is 60.7 Å². The molecule has 1 atom stereocenters. The van der Waals surface area contributed by atoms with Crippen LogP contribution in [0, 0.1) is 5.92 Å². The van der Waals surface area contributed by atoms with E-state index in [1.54, 1.807) is 0 Å². The maximum Gasteiger partial charge on any atom is 0.104 e. The fourth-order valence-corrected chi connectivity index (χ4v) is 3.23. The van der Waals surface area contributed by atoms with Gasteiger partial charge in [-0.25, -0.2) is 0 Å². The second-order valence-electron chi connectivity index (χ2n) is 5.89. The molecular weight excluding hydrogens is 302 g/mol. The predicted molar refractivity (Wildman–Crippen MR) is 101 cm³/mol. The highest BCUT2D eigenvalue weighted by molar-refractivity contribution is 7.80. The molecular formula is C19H23N3S. The van der Waals surface area contributed by atoms with E-state index >= 15 is 0 Å². The molecule has 1 saturated heterocycles. The molecule has 3 rings (SSSR count). The Labute approximate surface area is 143 Å². The number of hydrogen-bond acceptors (Lipinski definition) is 3. The smallest absolute Gasteiger partial charge is 0.104 e. The van der Waals surface area contributed by atoms with Crippen LogP contribution in [0.2, 0.25) is 0 Å². The van der Waals surface area contributed by atoms with Gasteiger partial charge in [0.15, 0.2) is 0 Å². The minimum atomic E-state index is 0.381. The van der Waals surface area contributed by atoms with Crippen molar-refractivity contribution in [2.75, 3.05) is 16.6 Å². The number of nitrogens with zero attached hydrogens (tertiary/aromatic N) is 2. The number of hydrogen-bond donors (Lipinski definition) is 1. The summed E-state index contributed by atoms with van der Waals surface area (Å²) in [6.07, 6.45) is 3.53. The van der Waals surface area contributed by atoms with Crippen LogP contribution in [0.1, 0.15) is 26.2 Å². The highest BCUT2D eigenvalue weighted by Gasteiger charge is 2.30. The topological polar surface area (TPSA) is 18.5 Å². The molecule has 1 N–H and O–H groups in total. The molecule has 1 aliphatic rings. The van der Waals surface area contributed by atoms with Gasteiger partial charge < -0.3 is 0 Å². The van der Waals surface area contributed by atoms with Gasteiger partial charge in [-0.1, -0.05) is 68.4 Å². The molecule has 3 nitrogen and oxygen atoms in total. The lowest BCUT2D eigenvalue weighted by Crippen LogP contribution is -2.61. The van der Waals surface area contributed by atoms with Crippen molar-refractivity contribution in [1.82, 2.24) is 5.53 Å². The number of nitrogens with one attached hydrogen (secondary N) is 1. The van der Waals surface area contributed by atoms with Crippen LogP contribution in [0.5, 0.6) is 0 Å². The summed E-state index contributed by atoms with van der Waals surface area (Å²) in [4.78, 5) is 0.983. The normalized spacial score (nSPS) is 18.3.